The third kappa shape index (κ3) is 3.99. The van der Waals surface area contributed by atoms with Crippen LogP contribution in [-0.2, 0) is 6.54 Å². The molecule has 0 amide bonds. The first-order valence-corrected chi connectivity index (χ1v) is 10.1. The van der Waals surface area contributed by atoms with E-state index >= 15 is 0 Å². The van der Waals surface area contributed by atoms with Crippen molar-refractivity contribution in [2.75, 3.05) is 27.9 Å². The van der Waals surface area contributed by atoms with E-state index in [0.717, 1.165) is 24.4 Å². The molecule has 0 radical (unpaired) electrons. The lowest BCUT2D eigenvalue weighted by atomic mass is 10.1. The first kappa shape index (κ1) is 19.1. The summed E-state index contributed by atoms with van der Waals surface area (Å²) >= 11 is 1.92. The largest absolute Gasteiger partial charge is 0.493 e. The maximum absolute atomic E-state index is 5.70. The Labute approximate surface area is 160 Å². The van der Waals surface area contributed by atoms with E-state index in [9.17, 15) is 0 Å². The Kier molecular flexibility index (Phi) is 6.43. The van der Waals surface area contributed by atoms with E-state index in [1.807, 2.05) is 17.4 Å². The number of hydrogen-bond acceptors (Lipinski definition) is 5. The van der Waals surface area contributed by atoms with Crippen LogP contribution in [0.25, 0.3) is 0 Å². The van der Waals surface area contributed by atoms with E-state index in [4.69, 9.17) is 14.2 Å². The van der Waals surface area contributed by atoms with Gasteiger partial charge in [0.1, 0.15) is 0 Å². The number of methoxy groups -OCH3 is 3. The molecule has 4 nitrogen and oxygen atoms in total. The van der Waals surface area contributed by atoms with Crippen molar-refractivity contribution in [2.24, 2.45) is 0 Å². The average molecular weight is 376 g/mol. The van der Waals surface area contributed by atoms with E-state index < -0.39 is 0 Å². The second-order valence-corrected chi connectivity index (χ2v) is 8.10. The molecule has 5 heteroatoms. The third-order valence-corrected chi connectivity index (χ3v) is 6.21. The van der Waals surface area contributed by atoms with Gasteiger partial charge in [-0.05, 0) is 44.5 Å². The number of aryl methyl sites for hydroxylation is 1. The predicted octanol–water partition coefficient (Wildman–Crippen LogP) is 5.20. The second kappa shape index (κ2) is 8.78. The Morgan fingerprint density at radius 2 is 1.77 bits per heavy atom. The van der Waals surface area contributed by atoms with Gasteiger partial charge in [-0.25, -0.2) is 0 Å². The van der Waals surface area contributed by atoms with Crippen LogP contribution < -0.4 is 14.2 Å². The van der Waals surface area contributed by atoms with Gasteiger partial charge in [-0.1, -0.05) is 18.9 Å². The van der Waals surface area contributed by atoms with Gasteiger partial charge < -0.3 is 14.2 Å². The van der Waals surface area contributed by atoms with Crippen LogP contribution in [0.15, 0.2) is 24.3 Å². The standard InChI is InChI=1S/C21H29NO3S/c1-15-9-12-19(26-15)17-8-6-5-7-13-22(17)14-16-10-11-18(23-2)21(25-4)20(16)24-3/h9-12,17H,5-8,13-14H2,1-4H3/t17-/m1/s1. The molecule has 0 N–H and O–H groups in total. The molecule has 0 aliphatic carbocycles. The first-order valence-electron chi connectivity index (χ1n) is 9.26. The lowest BCUT2D eigenvalue weighted by Crippen LogP contribution is -2.28. The van der Waals surface area contributed by atoms with E-state index in [1.54, 1.807) is 21.3 Å². The number of rotatable bonds is 6. The Balaban J connectivity index is 1.92. The van der Waals surface area contributed by atoms with Crippen molar-refractivity contribution >= 4 is 11.3 Å². The van der Waals surface area contributed by atoms with Crippen molar-refractivity contribution in [2.45, 2.75) is 45.2 Å². The summed E-state index contributed by atoms with van der Waals surface area (Å²) in [6, 6.07) is 9.09. The number of nitrogens with zero attached hydrogens (tertiary/aromatic N) is 1. The highest BCUT2D eigenvalue weighted by Gasteiger charge is 2.26. The van der Waals surface area contributed by atoms with Gasteiger partial charge in [0.25, 0.3) is 0 Å². The van der Waals surface area contributed by atoms with E-state index in [1.165, 1.54) is 35.4 Å². The molecule has 0 bridgehead atoms. The molecule has 0 spiro atoms. The molecule has 0 unspecified atom stereocenters. The lowest BCUT2D eigenvalue weighted by Gasteiger charge is -2.30. The van der Waals surface area contributed by atoms with Crippen LogP contribution >= 0.6 is 11.3 Å². The minimum absolute atomic E-state index is 0.481. The Hall–Kier alpha value is -1.72. The predicted molar refractivity (Wildman–Crippen MR) is 107 cm³/mol. The van der Waals surface area contributed by atoms with Crippen LogP contribution in [0.2, 0.25) is 0 Å². The Bertz CT molecular complexity index is 728. The monoisotopic (exact) mass is 375 g/mol. The summed E-state index contributed by atoms with van der Waals surface area (Å²) in [5, 5.41) is 0. The fourth-order valence-corrected chi connectivity index (χ4v) is 4.87. The van der Waals surface area contributed by atoms with Crippen molar-refractivity contribution < 1.29 is 14.2 Å². The third-order valence-electron chi connectivity index (χ3n) is 5.11. The van der Waals surface area contributed by atoms with E-state index in [0.29, 0.717) is 17.5 Å². The molecular weight excluding hydrogens is 346 g/mol. The number of hydrogen-bond donors (Lipinski definition) is 0. The number of likely N-dealkylation sites (tertiary alicyclic amines) is 1. The average Bonchev–Trinajstić information content (AvgIpc) is 2.95. The summed E-state index contributed by atoms with van der Waals surface area (Å²) in [4.78, 5) is 5.46. The molecule has 1 atom stereocenters. The number of benzene rings is 1. The molecular formula is C21H29NO3S. The molecule has 0 saturated carbocycles. The van der Waals surface area contributed by atoms with E-state index in [-0.39, 0.29) is 0 Å². The number of ether oxygens (including phenoxy) is 3. The normalized spacial score (nSPS) is 18.4. The zero-order valence-corrected chi connectivity index (χ0v) is 17.0. The number of thiophene rings is 1. The molecule has 1 saturated heterocycles. The summed E-state index contributed by atoms with van der Waals surface area (Å²) in [7, 11) is 5.01. The van der Waals surface area contributed by atoms with Gasteiger partial charge in [0.15, 0.2) is 11.5 Å². The van der Waals surface area contributed by atoms with Crippen LogP contribution in [0, 0.1) is 6.92 Å². The van der Waals surface area contributed by atoms with Crippen LogP contribution in [0.3, 0.4) is 0 Å². The van der Waals surface area contributed by atoms with Crippen LogP contribution in [0.1, 0.15) is 47.0 Å². The zero-order valence-electron chi connectivity index (χ0n) is 16.2. The maximum Gasteiger partial charge on any atom is 0.203 e. The van der Waals surface area contributed by atoms with E-state index in [2.05, 4.69) is 30.0 Å². The molecule has 1 aromatic carbocycles. The summed E-state index contributed by atoms with van der Waals surface area (Å²) in [5.41, 5.74) is 1.14. The van der Waals surface area contributed by atoms with Gasteiger partial charge in [-0.2, -0.15) is 0 Å². The Morgan fingerprint density at radius 3 is 2.42 bits per heavy atom. The molecule has 142 valence electrons. The molecule has 1 aliphatic heterocycles. The molecule has 1 fully saturated rings. The van der Waals surface area contributed by atoms with Crippen molar-refractivity contribution in [3.63, 3.8) is 0 Å². The summed E-state index contributed by atoms with van der Waals surface area (Å²) in [6.07, 6.45) is 5.06. The summed E-state index contributed by atoms with van der Waals surface area (Å²) < 4.78 is 16.7. The second-order valence-electron chi connectivity index (χ2n) is 6.78. The molecule has 3 rings (SSSR count). The minimum atomic E-state index is 0.481. The van der Waals surface area contributed by atoms with Gasteiger partial charge in [0.05, 0.1) is 21.3 Å². The molecule has 2 aromatic rings. The highest BCUT2D eigenvalue weighted by atomic mass is 32.1. The van der Waals surface area contributed by atoms with Gasteiger partial charge in [0, 0.05) is 27.9 Å². The summed E-state index contributed by atoms with van der Waals surface area (Å²) in [6.45, 7) is 4.15. The SMILES string of the molecule is COc1ccc(CN2CCCCC[C@@H]2c2ccc(C)s2)c(OC)c1OC. The van der Waals surface area contributed by atoms with Crippen molar-refractivity contribution in [3.8, 4) is 17.2 Å². The molecule has 2 heterocycles. The lowest BCUT2D eigenvalue weighted by molar-refractivity contribution is 0.192. The van der Waals surface area contributed by atoms with Crippen molar-refractivity contribution in [1.82, 2.24) is 4.90 Å². The van der Waals surface area contributed by atoms with Gasteiger partial charge in [-0.3, -0.25) is 4.90 Å². The van der Waals surface area contributed by atoms with Crippen molar-refractivity contribution in [1.29, 1.82) is 0 Å². The highest BCUT2D eigenvalue weighted by molar-refractivity contribution is 7.12. The molecule has 1 aliphatic rings. The highest BCUT2D eigenvalue weighted by Crippen LogP contribution is 2.42. The van der Waals surface area contributed by atoms with Crippen molar-refractivity contribution in [3.05, 3.63) is 39.6 Å². The fraction of sp³-hybridized carbons (Fsp3) is 0.524. The van der Waals surface area contributed by atoms with Gasteiger partial charge in [-0.15, -0.1) is 11.3 Å². The molecule has 1 aromatic heterocycles. The topological polar surface area (TPSA) is 30.9 Å². The quantitative estimate of drug-likeness (QED) is 0.694. The first-order chi connectivity index (χ1) is 12.7. The fourth-order valence-electron chi connectivity index (χ4n) is 3.82. The smallest absolute Gasteiger partial charge is 0.203 e. The van der Waals surface area contributed by atoms with Gasteiger partial charge in [0.2, 0.25) is 5.75 Å². The zero-order chi connectivity index (χ0) is 18.5. The Morgan fingerprint density at radius 1 is 0.962 bits per heavy atom. The maximum atomic E-state index is 5.70. The van der Waals surface area contributed by atoms with Crippen LogP contribution in [-0.4, -0.2) is 32.8 Å². The summed E-state index contributed by atoms with van der Waals surface area (Å²) in [5.74, 6) is 2.15. The van der Waals surface area contributed by atoms with Crippen LogP contribution in [0.4, 0.5) is 0 Å². The van der Waals surface area contributed by atoms with Crippen LogP contribution in [0.5, 0.6) is 17.2 Å². The minimum Gasteiger partial charge on any atom is -0.493 e. The van der Waals surface area contributed by atoms with Gasteiger partial charge >= 0.3 is 0 Å². The molecule has 26 heavy (non-hydrogen) atoms.